The van der Waals surface area contributed by atoms with Gasteiger partial charge in [-0.3, -0.25) is 9.52 Å². The van der Waals surface area contributed by atoms with Crippen molar-refractivity contribution in [1.82, 2.24) is 0 Å². The summed E-state index contributed by atoms with van der Waals surface area (Å²) in [4.78, 5) is 12.9. The zero-order chi connectivity index (χ0) is 21.2. The predicted octanol–water partition coefficient (Wildman–Crippen LogP) is 4.97. The molecule has 1 amide bonds. The van der Waals surface area contributed by atoms with Gasteiger partial charge in [-0.25, -0.2) is 8.42 Å². The van der Waals surface area contributed by atoms with Crippen molar-refractivity contribution in [1.29, 1.82) is 0 Å². The van der Waals surface area contributed by atoms with Crippen LogP contribution in [0.5, 0.6) is 0 Å². The van der Waals surface area contributed by atoms with Gasteiger partial charge in [0.05, 0.1) is 10.6 Å². The maximum Gasteiger partial charge on any atom is 0.261 e. The van der Waals surface area contributed by atoms with Crippen molar-refractivity contribution in [2.75, 3.05) is 10.0 Å². The van der Waals surface area contributed by atoms with Crippen LogP contribution >= 0.6 is 0 Å². The molecule has 0 saturated carbocycles. The van der Waals surface area contributed by atoms with Gasteiger partial charge >= 0.3 is 0 Å². The van der Waals surface area contributed by atoms with E-state index in [0.717, 1.165) is 27.9 Å². The van der Waals surface area contributed by atoms with Crippen LogP contribution in [-0.2, 0) is 10.0 Å². The number of carbonyl (C=O) groups excluding carboxylic acids is 1. The molecule has 150 valence electrons. The fourth-order valence-electron chi connectivity index (χ4n) is 2.99. The second kappa shape index (κ2) is 8.09. The molecule has 3 aromatic rings. The summed E-state index contributed by atoms with van der Waals surface area (Å²) in [6, 6.07) is 17.4. The Morgan fingerprint density at radius 2 is 1.41 bits per heavy atom. The SMILES string of the molecule is Cc1ccc(S(=O)(=O)Nc2cc(C(=O)Nc3c(C)cccc3C)ccc2C)cc1. The number of hydrogen-bond acceptors (Lipinski definition) is 3. The Morgan fingerprint density at radius 3 is 2.03 bits per heavy atom. The molecule has 3 aromatic carbocycles. The van der Waals surface area contributed by atoms with Crippen molar-refractivity contribution in [3.05, 3.63) is 88.5 Å². The third-order valence-corrected chi connectivity index (χ3v) is 6.18. The molecule has 3 rings (SSSR count). The highest BCUT2D eigenvalue weighted by Crippen LogP contribution is 2.24. The van der Waals surface area contributed by atoms with Crippen molar-refractivity contribution in [2.24, 2.45) is 0 Å². The number of rotatable bonds is 5. The van der Waals surface area contributed by atoms with Crippen molar-refractivity contribution in [3.8, 4) is 0 Å². The van der Waals surface area contributed by atoms with Gasteiger partial charge in [-0.05, 0) is 68.7 Å². The van der Waals surface area contributed by atoms with Gasteiger partial charge in [0.15, 0.2) is 0 Å². The topological polar surface area (TPSA) is 75.3 Å². The van der Waals surface area contributed by atoms with E-state index in [2.05, 4.69) is 10.0 Å². The first-order chi connectivity index (χ1) is 13.7. The lowest BCUT2D eigenvalue weighted by molar-refractivity contribution is 0.102. The first-order valence-electron chi connectivity index (χ1n) is 9.25. The van der Waals surface area contributed by atoms with Crippen LogP contribution in [0.4, 0.5) is 11.4 Å². The highest BCUT2D eigenvalue weighted by Gasteiger charge is 2.17. The van der Waals surface area contributed by atoms with E-state index in [1.54, 1.807) is 49.4 Å². The summed E-state index contributed by atoms with van der Waals surface area (Å²) in [5.74, 6) is -0.293. The second-order valence-electron chi connectivity index (χ2n) is 7.17. The molecule has 6 heteroatoms. The number of sulfonamides is 1. The number of amides is 1. The molecule has 0 spiro atoms. The fraction of sp³-hybridized carbons (Fsp3) is 0.174. The largest absolute Gasteiger partial charge is 0.322 e. The molecular formula is C23H24N2O3S. The summed E-state index contributed by atoms with van der Waals surface area (Å²) < 4.78 is 28.0. The highest BCUT2D eigenvalue weighted by molar-refractivity contribution is 7.92. The zero-order valence-corrected chi connectivity index (χ0v) is 17.7. The molecule has 0 atom stereocenters. The lowest BCUT2D eigenvalue weighted by Gasteiger charge is -2.14. The van der Waals surface area contributed by atoms with E-state index in [4.69, 9.17) is 0 Å². The lowest BCUT2D eigenvalue weighted by atomic mass is 10.1. The standard InChI is InChI=1S/C23H24N2O3S/c1-15-8-12-20(13-9-15)29(27,28)25-21-14-19(11-10-16(21)2)23(26)24-22-17(3)6-5-7-18(22)4/h5-14,25H,1-4H3,(H,24,26). The summed E-state index contributed by atoms with van der Waals surface area (Å²) in [5, 5.41) is 2.93. The first-order valence-corrected chi connectivity index (χ1v) is 10.7. The summed E-state index contributed by atoms with van der Waals surface area (Å²) in [6.07, 6.45) is 0. The molecule has 0 heterocycles. The Balaban J connectivity index is 1.88. The third-order valence-electron chi connectivity index (χ3n) is 4.80. The van der Waals surface area contributed by atoms with E-state index in [1.165, 1.54) is 0 Å². The Bertz CT molecular complexity index is 1150. The second-order valence-corrected chi connectivity index (χ2v) is 8.85. The summed E-state index contributed by atoms with van der Waals surface area (Å²) in [6.45, 7) is 7.55. The molecule has 0 radical (unpaired) electrons. The van der Waals surface area contributed by atoms with Gasteiger partial charge in [0.1, 0.15) is 0 Å². The van der Waals surface area contributed by atoms with E-state index in [9.17, 15) is 13.2 Å². The van der Waals surface area contributed by atoms with Gasteiger partial charge in [-0.2, -0.15) is 0 Å². The Morgan fingerprint density at radius 1 is 0.793 bits per heavy atom. The van der Waals surface area contributed by atoms with Gasteiger partial charge in [0, 0.05) is 11.3 Å². The molecule has 5 nitrogen and oxygen atoms in total. The number of nitrogens with one attached hydrogen (secondary N) is 2. The Hall–Kier alpha value is -3.12. The Labute approximate surface area is 171 Å². The van der Waals surface area contributed by atoms with Gasteiger partial charge in [-0.1, -0.05) is 42.0 Å². The molecule has 0 unspecified atom stereocenters. The van der Waals surface area contributed by atoms with Crippen molar-refractivity contribution in [3.63, 3.8) is 0 Å². The van der Waals surface area contributed by atoms with Crippen LogP contribution in [-0.4, -0.2) is 14.3 Å². The Kier molecular flexibility index (Phi) is 5.75. The van der Waals surface area contributed by atoms with E-state index in [-0.39, 0.29) is 10.8 Å². The number of para-hydroxylation sites is 1. The maximum atomic E-state index is 12.8. The van der Waals surface area contributed by atoms with Crippen LogP contribution in [0.25, 0.3) is 0 Å². The van der Waals surface area contributed by atoms with E-state index in [0.29, 0.717) is 11.3 Å². The third kappa shape index (κ3) is 4.66. The summed E-state index contributed by atoms with van der Waals surface area (Å²) >= 11 is 0. The predicted molar refractivity (Wildman–Crippen MR) is 117 cm³/mol. The van der Waals surface area contributed by atoms with Crippen molar-refractivity contribution >= 4 is 27.3 Å². The van der Waals surface area contributed by atoms with Gasteiger partial charge < -0.3 is 5.32 Å². The minimum Gasteiger partial charge on any atom is -0.322 e. The fourth-order valence-corrected chi connectivity index (χ4v) is 4.11. The van der Waals surface area contributed by atoms with Crippen LogP contribution < -0.4 is 10.0 Å². The zero-order valence-electron chi connectivity index (χ0n) is 16.9. The number of hydrogen-bond donors (Lipinski definition) is 2. The maximum absolute atomic E-state index is 12.8. The molecule has 0 fully saturated rings. The van der Waals surface area contributed by atoms with Crippen molar-refractivity contribution in [2.45, 2.75) is 32.6 Å². The number of aryl methyl sites for hydroxylation is 4. The van der Waals surface area contributed by atoms with Crippen LogP contribution in [0.1, 0.15) is 32.6 Å². The average Bonchev–Trinajstić information content (AvgIpc) is 2.66. The summed E-state index contributed by atoms with van der Waals surface area (Å²) in [5.41, 5.74) is 5.14. The summed E-state index contributed by atoms with van der Waals surface area (Å²) in [7, 11) is -3.75. The lowest BCUT2D eigenvalue weighted by Crippen LogP contribution is -2.16. The molecular weight excluding hydrogens is 384 g/mol. The average molecular weight is 409 g/mol. The molecule has 2 N–H and O–H groups in total. The molecule has 0 aliphatic rings. The molecule has 0 aliphatic carbocycles. The van der Waals surface area contributed by atoms with E-state index >= 15 is 0 Å². The minimum absolute atomic E-state index is 0.174. The van der Waals surface area contributed by atoms with Gasteiger partial charge in [-0.15, -0.1) is 0 Å². The first kappa shape index (κ1) is 20.6. The minimum atomic E-state index is -3.75. The smallest absolute Gasteiger partial charge is 0.261 e. The van der Waals surface area contributed by atoms with Crippen LogP contribution in [0.2, 0.25) is 0 Å². The quantitative estimate of drug-likeness (QED) is 0.626. The van der Waals surface area contributed by atoms with E-state index < -0.39 is 10.0 Å². The monoisotopic (exact) mass is 408 g/mol. The molecule has 0 aromatic heterocycles. The molecule has 29 heavy (non-hydrogen) atoms. The van der Waals surface area contributed by atoms with Crippen molar-refractivity contribution < 1.29 is 13.2 Å². The molecule has 0 aliphatic heterocycles. The molecule has 0 saturated heterocycles. The van der Waals surface area contributed by atoms with Crippen LogP contribution in [0.3, 0.4) is 0 Å². The van der Waals surface area contributed by atoms with Gasteiger partial charge in [0.25, 0.3) is 15.9 Å². The number of carbonyl (C=O) groups is 1. The van der Waals surface area contributed by atoms with Gasteiger partial charge in [0.2, 0.25) is 0 Å². The number of anilines is 2. The van der Waals surface area contributed by atoms with Crippen LogP contribution in [0, 0.1) is 27.7 Å². The highest BCUT2D eigenvalue weighted by atomic mass is 32.2. The normalized spacial score (nSPS) is 11.2. The van der Waals surface area contributed by atoms with E-state index in [1.807, 2.05) is 39.0 Å². The molecule has 0 bridgehead atoms. The van der Waals surface area contributed by atoms with Crippen LogP contribution in [0.15, 0.2) is 65.6 Å². The number of benzene rings is 3.